The molecule has 0 aliphatic heterocycles. The van der Waals surface area contributed by atoms with E-state index in [1.54, 1.807) is 0 Å². The van der Waals surface area contributed by atoms with E-state index in [0.29, 0.717) is 11.7 Å². The lowest BCUT2D eigenvalue weighted by Gasteiger charge is -2.57. The fraction of sp³-hybridized carbons (Fsp3) is 0.842. The van der Waals surface area contributed by atoms with Crippen LogP contribution in [-0.4, -0.2) is 17.0 Å². The number of allylic oxidation sites excluding steroid dienone is 1. The summed E-state index contributed by atoms with van der Waals surface area (Å²) < 4.78 is 0. The smallest absolute Gasteiger partial charge is 0.155 e. The van der Waals surface area contributed by atoms with Crippen molar-refractivity contribution in [1.29, 1.82) is 0 Å². The zero-order chi connectivity index (χ0) is 14.8. The number of hydrogen-bond donors (Lipinski definition) is 1. The number of hydrogen-bond acceptors (Lipinski definition) is 2. The van der Waals surface area contributed by atoms with E-state index >= 15 is 0 Å². The quantitative estimate of drug-likeness (QED) is 0.734. The van der Waals surface area contributed by atoms with Gasteiger partial charge in [-0.15, -0.1) is 0 Å². The van der Waals surface area contributed by atoms with Gasteiger partial charge in [-0.2, -0.15) is 0 Å². The van der Waals surface area contributed by atoms with E-state index < -0.39 is 0 Å². The van der Waals surface area contributed by atoms with Crippen molar-refractivity contribution in [2.24, 2.45) is 28.6 Å². The zero-order valence-electron chi connectivity index (χ0n) is 13.4. The second kappa shape index (κ2) is 4.44. The van der Waals surface area contributed by atoms with Crippen molar-refractivity contribution in [1.82, 2.24) is 0 Å². The summed E-state index contributed by atoms with van der Waals surface area (Å²) in [5.41, 5.74) is 1.89. The minimum atomic E-state index is -0.0823. The Bertz CT molecular complexity index is 508. The molecule has 4 aliphatic carbocycles. The molecule has 116 valence electrons. The number of aliphatic hydroxyl groups excluding tert-OH is 1. The standard InChI is InChI=1S/C19H28O2/c1-18-9-7-13(20)11-12(18)3-4-14-15-5-6-17(21)19(15,2)10-8-16(14)18/h11,14-17,21H,3-10H2,1-2H3/t14-,15-,16-,17+,18-,19+/m0/s1. The predicted octanol–water partition coefficient (Wildman–Crippen LogP) is 3.88. The van der Waals surface area contributed by atoms with Crippen LogP contribution in [0, 0.1) is 28.6 Å². The van der Waals surface area contributed by atoms with Crippen molar-refractivity contribution in [3.05, 3.63) is 11.6 Å². The summed E-state index contributed by atoms with van der Waals surface area (Å²) in [6, 6.07) is 0. The monoisotopic (exact) mass is 288 g/mol. The highest BCUT2D eigenvalue weighted by Gasteiger charge is 2.58. The maximum absolute atomic E-state index is 11.8. The van der Waals surface area contributed by atoms with Gasteiger partial charge < -0.3 is 5.11 Å². The van der Waals surface area contributed by atoms with Gasteiger partial charge in [0.1, 0.15) is 0 Å². The number of rotatable bonds is 0. The van der Waals surface area contributed by atoms with E-state index in [-0.39, 0.29) is 16.9 Å². The molecular weight excluding hydrogens is 260 g/mol. The number of ketones is 1. The molecule has 0 aromatic heterocycles. The third-order valence-corrected chi connectivity index (χ3v) is 7.91. The molecule has 4 rings (SSSR count). The molecule has 0 radical (unpaired) electrons. The van der Waals surface area contributed by atoms with Gasteiger partial charge in [0.15, 0.2) is 5.78 Å². The van der Waals surface area contributed by atoms with Gasteiger partial charge in [-0.05, 0) is 79.6 Å². The number of aliphatic hydroxyl groups is 1. The van der Waals surface area contributed by atoms with Crippen LogP contribution >= 0.6 is 0 Å². The first kappa shape index (κ1) is 14.0. The molecule has 0 bridgehead atoms. The summed E-state index contributed by atoms with van der Waals surface area (Å²) >= 11 is 0. The molecule has 1 N–H and O–H groups in total. The van der Waals surface area contributed by atoms with E-state index in [2.05, 4.69) is 13.8 Å². The molecule has 4 aliphatic rings. The Labute approximate surface area is 128 Å². The van der Waals surface area contributed by atoms with Crippen molar-refractivity contribution in [2.45, 2.75) is 71.3 Å². The van der Waals surface area contributed by atoms with Crippen LogP contribution in [0.15, 0.2) is 11.6 Å². The Kier molecular flexibility index (Phi) is 2.96. The second-order valence-electron chi connectivity index (χ2n) is 8.61. The third kappa shape index (κ3) is 1.78. The van der Waals surface area contributed by atoms with E-state index in [9.17, 15) is 9.90 Å². The van der Waals surface area contributed by atoms with Crippen LogP contribution in [-0.2, 0) is 4.79 Å². The maximum Gasteiger partial charge on any atom is 0.155 e. The molecule has 6 atom stereocenters. The largest absolute Gasteiger partial charge is 0.393 e. The molecule has 0 aromatic carbocycles. The summed E-state index contributed by atoms with van der Waals surface area (Å²) in [5, 5.41) is 10.4. The summed E-state index contributed by atoms with van der Waals surface area (Å²) in [7, 11) is 0. The van der Waals surface area contributed by atoms with E-state index in [1.807, 2.05) is 6.08 Å². The topological polar surface area (TPSA) is 37.3 Å². The molecule has 2 nitrogen and oxygen atoms in total. The molecule has 0 aromatic rings. The van der Waals surface area contributed by atoms with Crippen LogP contribution in [0.25, 0.3) is 0 Å². The van der Waals surface area contributed by atoms with Gasteiger partial charge in [0.05, 0.1) is 6.10 Å². The lowest BCUT2D eigenvalue weighted by molar-refractivity contribution is -0.118. The van der Waals surface area contributed by atoms with Crippen molar-refractivity contribution in [3.8, 4) is 0 Å². The van der Waals surface area contributed by atoms with E-state index in [0.717, 1.165) is 37.5 Å². The summed E-state index contributed by atoms with van der Waals surface area (Å²) in [5.74, 6) is 2.57. The molecular formula is C19H28O2. The summed E-state index contributed by atoms with van der Waals surface area (Å²) in [6.07, 6.45) is 10.7. The van der Waals surface area contributed by atoms with Crippen molar-refractivity contribution in [2.75, 3.05) is 0 Å². The van der Waals surface area contributed by atoms with Crippen LogP contribution in [0.2, 0.25) is 0 Å². The molecule has 0 unspecified atom stereocenters. The highest BCUT2D eigenvalue weighted by Crippen LogP contribution is 2.65. The van der Waals surface area contributed by atoms with Crippen LogP contribution in [0.1, 0.15) is 65.2 Å². The first-order valence-corrected chi connectivity index (χ1v) is 8.87. The van der Waals surface area contributed by atoms with Gasteiger partial charge in [-0.3, -0.25) is 4.79 Å². The summed E-state index contributed by atoms with van der Waals surface area (Å²) in [6.45, 7) is 4.76. The SMILES string of the molecule is C[C@@]12CC[C@H]3[C@@H](CCC4=CC(=O)CC[C@@]43C)[C@@H]1CC[C@H]2O. The van der Waals surface area contributed by atoms with Gasteiger partial charge in [0.25, 0.3) is 0 Å². The molecule has 0 spiro atoms. The molecule has 0 saturated heterocycles. The third-order valence-electron chi connectivity index (χ3n) is 7.91. The minimum absolute atomic E-state index is 0.0823. The van der Waals surface area contributed by atoms with E-state index in [4.69, 9.17) is 0 Å². The van der Waals surface area contributed by atoms with Gasteiger partial charge in [0, 0.05) is 6.42 Å². The first-order valence-electron chi connectivity index (χ1n) is 8.87. The Morgan fingerprint density at radius 2 is 1.86 bits per heavy atom. The van der Waals surface area contributed by atoms with Crippen LogP contribution in [0.5, 0.6) is 0 Å². The Morgan fingerprint density at radius 3 is 2.67 bits per heavy atom. The van der Waals surface area contributed by atoms with Gasteiger partial charge in [-0.1, -0.05) is 19.4 Å². The highest BCUT2D eigenvalue weighted by atomic mass is 16.3. The highest BCUT2D eigenvalue weighted by molar-refractivity contribution is 5.91. The average molecular weight is 288 g/mol. The van der Waals surface area contributed by atoms with Crippen molar-refractivity contribution in [3.63, 3.8) is 0 Å². The number of carbonyl (C=O) groups excluding carboxylic acids is 1. The number of fused-ring (bicyclic) bond motifs is 5. The summed E-state index contributed by atoms with van der Waals surface area (Å²) in [4.78, 5) is 11.8. The molecule has 2 heteroatoms. The van der Waals surface area contributed by atoms with Crippen LogP contribution < -0.4 is 0 Å². The fourth-order valence-electron chi connectivity index (χ4n) is 6.53. The lowest BCUT2D eigenvalue weighted by atomic mass is 9.47. The molecule has 3 saturated carbocycles. The van der Waals surface area contributed by atoms with Crippen molar-refractivity contribution < 1.29 is 9.90 Å². The Balaban J connectivity index is 1.69. The normalized spacial score (nSPS) is 52.7. The van der Waals surface area contributed by atoms with Crippen molar-refractivity contribution >= 4 is 5.78 Å². The molecule has 0 heterocycles. The molecule has 21 heavy (non-hydrogen) atoms. The Morgan fingerprint density at radius 1 is 1.05 bits per heavy atom. The minimum Gasteiger partial charge on any atom is -0.393 e. The second-order valence-corrected chi connectivity index (χ2v) is 8.61. The van der Waals surface area contributed by atoms with Gasteiger partial charge in [0.2, 0.25) is 0 Å². The van der Waals surface area contributed by atoms with Gasteiger partial charge >= 0.3 is 0 Å². The average Bonchev–Trinajstić information content (AvgIpc) is 2.76. The van der Waals surface area contributed by atoms with E-state index in [1.165, 1.54) is 31.3 Å². The van der Waals surface area contributed by atoms with Crippen LogP contribution in [0.4, 0.5) is 0 Å². The molecule has 3 fully saturated rings. The maximum atomic E-state index is 11.8. The Hall–Kier alpha value is -0.630. The predicted molar refractivity (Wildman–Crippen MR) is 82.7 cm³/mol. The molecule has 0 amide bonds. The fourth-order valence-corrected chi connectivity index (χ4v) is 6.53. The lowest BCUT2D eigenvalue weighted by Crippen LogP contribution is -2.51. The van der Waals surface area contributed by atoms with Crippen LogP contribution in [0.3, 0.4) is 0 Å². The number of carbonyl (C=O) groups is 1. The zero-order valence-corrected chi connectivity index (χ0v) is 13.4. The van der Waals surface area contributed by atoms with Gasteiger partial charge in [-0.25, -0.2) is 0 Å². The first-order chi connectivity index (χ1) is 9.95.